The van der Waals surface area contributed by atoms with Gasteiger partial charge >= 0.3 is 0 Å². The van der Waals surface area contributed by atoms with Gasteiger partial charge in [-0.2, -0.15) is 0 Å². The highest BCUT2D eigenvalue weighted by atomic mass is 19.1. The van der Waals surface area contributed by atoms with Crippen molar-refractivity contribution in [2.75, 3.05) is 26.5 Å². The van der Waals surface area contributed by atoms with E-state index in [1.807, 2.05) is 12.1 Å². The maximum atomic E-state index is 12.7. The van der Waals surface area contributed by atoms with E-state index in [1.165, 1.54) is 12.1 Å². The highest BCUT2D eigenvalue weighted by Gasteiger charge is 2.12. The summed E-state index contributed by atoms with van der Waals surface area (Å²) in [6.07, 6.45) is 2.12. The molecule has 1 aliphatic heterocycles. The quantitative estimate of drug-likeness (QED) is 0.794. The second-order valence-corrected chi connectivity index (χ2v) is 4.18. The van der Waals surface area contributed by atoms with Crippen LogP contribution in [0.2, 0.25) is 0 Å². The fourth-order valence-corrected chi connectivity index (χ4v) is 1.81. The molecule has 0 bridgehead atoms. The van der Waals surface area contributed by atoms with E-state index in [1.54, 1.807) is 0 Å². The molecule has 94 valence electrons. The van der Waals surface area contributed by atoms with Crippen LogP contribution < -0.4 is 5.32 Å². The fraction of sp³-hybridized carbons (Fsp3) is 0.538. The number of hydrogen-bond donors (Lipinski definition) is 1. The minimum atomic E-state index is -0.183. The molecule has 0 aromatic heterocycles. The predicted molar refractivity (Wildman–Crippen MR) is 63.3 cm³/mol. The summed E-state index contributed by atoms with van der Waals surface area (Å²) in [5.74, 6) is -0.183. The highest BCUT2D eigenvalue weighted by Crippen LogP contribution is 2.05. The van der Waals surface area contributed by atoms with E-state index in [9.17, 15) is 4.39 Å². The molecule has 3 nitrogen and oxygen atoms in total. The summed E-state index contributed by atoms with van der Waals surface area (Å²) in [6, 6.07) is 6.64. The van der Waals surface area contributed by atoms with Gasteiger partial charge in [0.25, 0.3) is 0 Å². The Kier molecular flexibility index (Phi) is 4.91. The average molecular weight is 239 g/mol. The first kappa shape index (κ1) is 12.5. The second kappa shape index (κ2) is 6.69. The smallest absolute Gasteiger partial charge is 0.147 e. The molecule has 1 unspecified atom stereocenters. The summed E-state index contributed by atoms with van der Waals surface area (Å²) < 4.78 is 23.2. The van der Waals surface area contributed by atoms with E-state index in [0.717, 1.165) is 38.1 Å². The minimum Gasteiger partial charge on any atom is -0.355 e. The molecule has 17 heavy (non-hydrogen) atoms. The molecular formula is C13H18FNO2. The molecule has 0 saturated carbocycles. The van der Waals surface area contributed by atoms with Gasteiger partial charge in [-0.1, -0.05) is 12.1 Å². The van der Waals surface area contributed by atoms with Crippen LogP contribution in [0.5, 0.6) is 0 Å². The maximum absolute atomic E-state index is 12.7. The van der Waals surface area contributed by atoms with Crippen molar-refractivity contribution in [2.24, 2.45) is 0 Å². The van der Waals surface area contributed by atoms with Gasteiger partial charge in [-0.15, -0.1) is 0 Å². The number of halogens is 1. The lowest BCUT2D eigenvalue weighted by atomic mass is 10.1. The van der Waals surface area contributed by atoms with E-state index in [2.05, 4.69) is 5.32 Å². The number of benzene rings is 1. The molecule has 1 saturated heterocycles. The molecular weight excluding hydrogens is 221 g/mol. The topological polar surface area (TPSA) is 30.5 Å². The van der Waals surface area contributed by atoms with E-state index in [4.69, 9.17) is 9.47 Å². The van der Waals surface area contributed by atoms with Crippen molar-refractivity contribution in [2.45, 2.75) is 18.9 Å². The van der Waals surface area contributed by atoms with Crippen LogP contribution >= 0.6 is 0 Å². The van der Waals surface area contributed by atoms with Crippen LogP contribution in [-0.4, -0.2) is 32.6 Å². The van der Waals surface area contributed by atoms with E-state index in [0.29, 0.717) is 6.79 Å². The number of rotatable bonds is 5. The molecule has 1 heterocycles. The van der Waals surface area contributed by atoms with Gasteiger partial charge in [0, 0.05) is 6.54 Å². The normalized spacial score (nSPS) is 20.4. The molecule has 0 radical (unpaired) electrons. The van der Waals surface area contributed by atoms with Gasteiger partial charge in [-0.05, 0) is 37.1 Å². The van der Waals surface area contributed by atoms with Gasteiger partial charge < -0.3 is 14.8 Å². The summed E-state index contributed by atoms with van der Waals surface area (Å²) in [4.78, 5) is 0. The van der Waals surface area contributed by atoms with Crippen LogP contribution in [0, 0.1) is 5.82 Å². The van der Waals surface area contributed by atoms with Gasteiger partial charge in [-0.25, -0.2) is 4.39 Å². The Morgan fingerprint density at radius 1 is 1.29 bits per heavy atom. The Labute approximate surface area is 101 Å². The Bertz CT molecular complexity index is 323. The first-order valence-corrected chi connectivity index (χ1v) is 5.99. The van der Waals surface area contributed by atoms with Gasteiger partial charge in [0.05, 0.1) is 12.7 Å². The van der Waals surface area contributed by atoms with Crippen molar-refractivity contribution in [3.63, 3.8) is 0 Å². The van der Waals surface area contributed by atoms with Gasteiger partial charge in [0.15, 0.2) is 0 Å². The van der Waals surface area contributed by atoms with E-state index < -0.39 is 0 Å². The summed E-state index contributed by atoms with van der Waals surface area (Å²) in [7, 11) is 0. The lowest BCUT2D eigenvalue weighted by molar-refractivity contribution is -0.137. The van der Waals surface area contributed by atoms with Crippen LogP contribution in [-0.2, 0) is 15.9 Å². The predicted octanol–water partition coefficient (Wildman–Crippen LogP) is 1.72. The maximum Gasteiger partial charge on any atom is 0.147 e. The van der Waals surface area contributed by atoms with Crippen molar-refractivity contribution in [3.8, 4) is 0 Å². The average Bonchev–Trinajstić information content (AvgIpc) is 2.38. The number of ether oxygens (including phenoxy) is 2. The molecule has 1 aromatic carbocycles. The fourth-order valence-electron chi connectivity index (χ4n) is 1.81. The van der Waals surface area contributed by atoms with Crippen LogP contribution in [0.4, 0.5) is 4.39 Å². The lowest BCUT2D eigenvalue weighted by Crippen LogP contribution is -2.34. The Hall–Kier alpha value is -0.970. The highest BCUT2D eigenvalue weighted by molar-refractivity contribution is 5.16. The number of hydrogen-bond acceptors (Lipinski definition) is 3. The van der Waals surface area contributed by atoms with Crippen molar-refractivity contribution in [1.82, 2.24) is 5.32 Å². The van der Waals surface area contributed by atoms with Gasteiger partial charge in [-0.3, -0.25) is 0 Å². The van der Waals surface area contributed by atoms with Gasteiger partial charge in [0.2, 0.25) is 0 Å². The van der Waals surface area contributed by atoms with Crippen molar-refractivity contribution in [1.29, 1.82) is 0 Å². The SMILES string of the molecule is Fc1ccc(CCNCC2CCOCO2)cc1. The summed E-state index contributed by atoms with van der Waals surface area (Å²) >= 11 is 0. The largest absolute Gasteiger partial charge is 0.355 e. The van der Waals surface area contributed by atoms with Crippen molar-refractivity contribution >= 4 is 0 Å². The third-order valence-electron chi connectivity index (χ3n) is 2.85. The van der Waals surface area contributed by atoms with Gasteiger partial charge in [0.1, 0.15) is 12.6 Å². The zero-order valence-electron chi connectivity index (χ0n) is 9.82. The summed E-state index contributed by atoms with van der Waals surface area (Å²) in [5.41, 5.74) is 1.15. The molecule has 0 spiro atoms. The summed E-state index contributed by atoms with van der Waals surface area (Å²) in [6.45, 7) is 2.92. The molecule has 1 atom stereocenters. The molecule has 0 amide bonds. The zero-order chi connectivity index (χ0) is 11.9. The first-order chi connectivity index (χ1) is 8.34. The lowest BCUT2D eigenvalue weighted by Gasteiger charge is -2.22. The third kappa shape index (κ3) is 4.42. The standard InChI is InChI=1S/C13H18FNO2/c14-12-3-1-11(2-4-12)5-7-15-9-13-6-8-16-10-17-13/h1-4,13,15H,5-10H2. The molecule has 1 fully saturated rings. The van der Waals surface area contributed by atoms with Crippen LogP contribution in [0.15, 0.2) is 24.3 Å². The third-order valence-corrected chi connectivity index (χ3v) is 2.85. The first-order valence-electron chi connectivity index (χ1n) is 5.99. The Morgan fingerprint density at radius 3 is 2.82 bits per heavy atom. The van der Waals surface area contributed by atoms with E-state index in [-0.39, 0.29) is 11.9 Å². The molecule has 1 N–H and O–H groups in total. The van der Waals surface area contributed by atoms with Crippen molar-refractivity contribution < 1.29 is 13.9 Å². The van der Waals surface area contributed by atoms with Crippen molar-refractivity contribution in [3.05, 3.63) is 35.6 Å². The molecule has 2 rings (SSSR count). The minimum absolute atomic E-state index is 0.183. The Balaban J connectivity index is 1.60. The summed E-state index contributed by atoms with van der Waals surface area (Å²) in [5, 5.41) is 3.34. The Morgan fingerprint density at radius 2 is 2.12 bits per heavy atom. The second-order valence-electron chi connectivity index (χ2n) is 4.18. The van der Waals surface area contributed by atoms with Crippen LogP contribution in [0.1, 0.15) is 12.0 Å². The monoisotopic (exact) mass is 239 g/mol. The van der Waals surface area contributed by atoms with E-state index >= 15 is 0 Å². The molecule has 1 aromatic rings. The molecule has 0 aliphatic carbocycles. The van der Waals surface area contributed by atoms with Crippen LogP contribution in [0.3, 0.4) is 0 Å². The number of nitrogens with one attached hydrogen (secondary N) is 1. The molecule has 4 heteroatoms. The molecule has 1 aliphatic rings. The zero-order valence-corrected chi connectivity index (χ0v) is 9.82. The van der Waals surface area contributed by atoms with Crippen LogP contribution in [0.25, 0.3) is 0 Å².